The summed E-state index contributed by atoms with van der Waals surface area (Å²) in [6.45, 7) is 28.2. The van der Waals surface area contributed by atoms with E-state index >= 15 is 0 Å². The minimum atomic E-state index is -0.128. The molecule has 1 unspecified atom stereocenters. The van der Waals surface area contributed by atoms with E-state index in [1.54, 1.807) is 0 Å². The number of aryl methyl sites for hydroxylation is 2. The van der Waals surface area contributed by atoms with Crippen LogP contribution in [0.3, 0.4) is 0 Å². The van der Waals surface area contributed by atoms with Crippen LogP contribution in [-0.4, -0.2) is 0 Å². The third-order valence-electron chi connectivity index (χ3n) is 12.7. The molecule has 4 aliphatic carbocycles. The number of hydrogen-bond donors (Lipinski definition) is 0. The van der Waals surface area contributed by atoms with Crippen LogP contribution >= 0.6 is 0 Å². The highest BCUT2D eigenvalue weighted by atomic mass is 14.4. The quantitative estimate of drug-likeness (QED) is 0.166. The highest BCUT2D eigenvalue weighted by Crippen LogP contribution is 2.50. The van der Waals surface area contributed by atoms with Crippen LogP contribution < -0.4 is 10.4 Å². The van der Waals surface area contributed by atoms with Crippen molar-refractivity contribution in [1.82, 2.24) is 0 Å². The first-order valence-corrected chi connectivity index (χ1v) is 20.1. The molecule has 8 rings (SSSR count). The van der Waals surface area contributed by atoms with Gasteiger partial charge in [0, 0.05) is 16.7 Å². The Kier molecular flexibility index (Phi) is 8.27. The third-order valence-corrected chi connectivity index (χ3v) is 12.7. The first-order valence-electron chi connectivity index (χ1n) is 20.1. The fraction of sp³-hybridized carbons (Fsp3) is 0.358. The van der Waals surface area contributed by atoms with Crippen molar-refractivity contribution in [3.8, 4) is 0 Å². The first kappa shape index (κ1) is 35.6. The zero-order valence-corrected chi connectivity index (χ0v) is 34.4. The number of hydrogen-bond acceptors (Lipinski definition) is 0. The summed E-state index contributed by atoms with van der Waals surface area (Å²) in [5, 5.41) is 5.55. The van der Waals surface area contributed by atoms with E-state index in [0.717, 1.165) is 0 Å². The maximum absolute atomic E-state index is 2.63. The molecule has 1 atom stereocenters. The van der Waals surface area contributed by atoms with Crippen LogP contribution in [0.15, 0.2) is 90.5 Å². The summed E-state index contributed by atoms with van der Waals surface area (Å²) < 4.78 is 0. The smallest absolute Gasteiger partial charge is 0.00937 e. The van der Waals surface area contributed by atoms with E-state index in [1.807, 2.05) is 0 Å². The Morgan fingerprint density at radius 3 is 1.91 bits per heavy atom. The van der Waals surface area contributed by atoms with E-state index in [4.69, 9.17) is 0 Å². The Morgan fingerprint density at radius 2 is 1.32 bits per heavy atom. The molecule has 0 radical (unpaired) electrons. The molecule has 0 fully saturated rings. The highest BCUT2D eigenvalue weighted by Gasteiger charge is 2.39. The average Bonchev–Trinajstić information content (AvgIpc) is 3.80. The lowest BCUT2D eigenvalue weighted by Gasteiger charge is -2.28. The highest BCUT2D eigenvalue weighted by molar-refractivity contribution is 5.93. The van der Waals surface area contributed by atoms with Gasteiger partial charge in [0.2, 0.25) is 0 Å². The largest absolute Gasteiger partial charge is 0.0732 e. The number of allylic oxidation sites excluding steroid dienone is 8. The van der Waals surface area contributed by atoms with Gasteiger partial charge in [-0.1, -0.05) is 152 Å². The van der Waals surface area contributed by atoms with Crippen molar-refractivity contribution in [3.63, 3.8) is 0 Å². The van der Waals surface area contributed by atoms with Crippen molar-refractivity contribution in [2.45, 2.75) is 113 Å². The Balaban J connectivity index is 1.65. The van der Waals surface area contributed by atoms with Gasteiger partial charge in [0.15, 0.2) is 0 Å². The Bertz CT molecular complexity index is 2520. The fourth-order valence-corrected chi connectivity index (χ4v) is 10.0. The van der Waals surface area contributed by atoms with Crippen molar-refractivity contribution in [2.75, 3.05) is 0 Å². The first-order chi connectivity index (χ1) is 25.0. The van der Waals surface area contributed by atoms with Crippen LogP contribution in [0, 0.1) is 35.6 Å². The lowest BCUT2D eigenvalue weighted by atomic mass is 9.75. The van der Waals surface area contributed by atoms with Crippen molar-refractivity contribution in [1.29, 1.82) is 0 Å². The van der Waals surface area contributed by atoms with E-state index in [-0.39, 0.29) is 16.2 Å². The Labute approximate surface area is 318 Å². The van der Waals surface area contributed by atoms with Crippen LogP contribution in [0.1, 0.15) is 144 Å². The van der Waals surface area contributed by atoms with Crippen LogP contribution in [0.4, 0.5) is 0 Å². The monoisotopic (exact) mass is 694 g/mol. The van der Waals surface area contributed by atoms with Crippen LogP contribution in [0.5, 0.6) is 0 Å². The molecule has 0 nitrogen and oxygen atoms in total. The molecule has 0 aromatic heterocycles. The Hall–Kier alpha value is -4.42. The fourth-order valence-electron chi connectivity index (χ4n) is 10.0. The van der Waals surface area contributed by atoms with E-state index < -0.39 is 0 Å². The summed E-state index contributed by atoms with van der Waals surface area (Å²) in [5.74, 6) is 0.406. The summed E-state index contributed by atoms with van der Waals surface area (Å²) in [7, 11) is 0. The second-order valence-electron chi connectivity index (χ2n) is 18.8. The minimum absolute atomic E-state index is 0.0115. The molecule has 0 bridgehead atoms. The van der Waals surface area contributed by atoms with Gasteiger partial charge < -0.3 is 0 Å². The molecule has 0 N–H and O–H groups in total. The molecule has 0 saturated carbocycles. The van der Waals surface area contributed by atoms with Gasteiger partial charge in [0.1, 0.15) is 0 Å². The van der Waals surface area contributed by atoms with Gasteiger partial charge in [-0.05, 0) is 151 Å². The molecule has 0 spiro atoms. The maximum Gasteiger partial charge on any atom is 0.00937 e. The van der Waals surface area contributed by atoms with Gasteiger partial charge in [-0.2, -0.15) is 0 Å². The van der Waals surface area contributed by atoms with Crippen LogP contribution in [-0.2, 0) is 10.8 Å². The number of unbranched alkanes of at least 4 members (excludes halogenated alkanes) is 1. The molecule has 0 aliphatic heterocycles. The minimum Gasteiger partial charge on any atom is -0.0732 e. The number of rotatable bonds is 6. The second-order valence-corrected chi connectivity index (χ2v) is 18.8. The molecule has 4 aliphatic rings. The maximum atomic E-state index is 2.63. The molecule has 53 heavy (non-hydrogen) atoms. The summed E-state index contributed by atoms with van der Waals surface area (Å²) in [6.07, 6.45) is 16.5. The molecule has 4 aromatic rings. The van der Waals surface area contributed by atoms with Crippen molar-refractivity contribution in [2.24, 2.45) is 11.3 Å². The standard InChI is InChI=1S/C53H58/c1-13-14-15-37-24-39(51(6,7)8)27-41(37)48-43-25-38-26-44-40(33(4)29-52(44,9)10)28-42(38)47(43)49(45-34(5)30-53(11,12)50(45)48)46(35-20-16-31(2)17-21-35)36-22-18-32(3)19-23-36/h16-30,37H,13-15H2,1-12H3. The second kappa shape index (κ2) is 12.3. The van der Waals surface area contributed by atoms with Crippen LogP contribution in [0.2, 0.25) is 0 Å². The van der Waals surface area contributed by atoms with E-state index in [9.17, 15) is 0 Å². The summed E-state index contributed by atoms with van der Waals surface area (Å²) in [6, 6.07) is 23.7. The number of fused-ring (bicyclic) bond motifs is 4. The average molecular weight is 695 g/mol. The zero-order chi connectivity index (χ0) is 37.8. The van der Waals surface area contributed by atoms with Gasteiger partial charge in [-0.25, -0.2) is 0 Å². The van der Waals surface area contributed by atoms with Crippen LogP contribution in [0.25, 0.3) is 28.4 Å². The van der Waals surface area contributed by atoms with E-state index in [0.29, 0.717) is 5.92 Å². The number of benzene rings is 4. The SMILES string of the molecule is CCCCC1C=C(C(C)(C)C)C=C1c1c2c(c(=C(c3ccc(C)cc3)c3ccc(C)cc3)c3c1C=c1cc4c(cc1=3)C(C)=CC4(C)C)C(C)=CC2(C)C. The summed E-state index contributed by atoms with van der Waals surface area (Å²) in [4.78, 5) is 0. The van der Waals surface area contributed by atoms with E-state index in [2.05, 4.69) is 174 Å². The lowest BCUT2D eigenvalue weighted by molar-refractivity contribution is 0.514. The molecule has 0 heterocycles. The third kappa shape index (κ3) is 5.71. The van der Waals surface area contributed by atoms with Gasteiger partial charge in [-0.3, -0.25) is 0 Å². The van der Waals surface area contributed by atoms with Gasteiger partial charge >= 0.3 is 0 Å². The molecule has 270 valence electrons. The molecule has 0 amide bonds. The molecular formula is C53H58. The lowest BCUT2D eigenvalue weighted by Crippen LogP contribution is -2.25. The van der Waals surface area contributed by atoms with Crippen molar-refractivity contribution in [3.05, 3.63) is 167 Å². The van der Waals surface area contributed by atoms with Gasteiger partial charge in [0.05, 0.1) is 0 Å². The predicted molar refractivity (Wildman–Crippen MR) is 229 cm³/mol. The topological polar surface area (TPSA) is 0 Å². The zero-order valence-electron chi connectivity index (χ0n) is 34.4. The normalized spacial score (nSPS) is 18.8. The van der Waals surface area contributed by atoms with Crippen molar-refractivity contribution < 1.29 is 0 Å². The predicted octanol–water partition coefficient (Wildman–Crippen LogP) is 12.5. The molecule has 0 saturated heterocycles. The molecule has 0 heteroatoms. The van der Waals surface area contributed by atoms with E-state index in [1.165, 1.54) is 124 Å². The molecule has 4 aromatic carbocycles. The van der Waals surface area contributed by atoms with Gasteiger partial charge in [-0.15, -0.1) is 0 Å². The summed E-state index contributed by atoms with van der Waals surface area (Å²) in [5.41, 5.74) is 20.9. The molecular weight excluding hydrogens is 637 g/mol. The summed E-state index contributed by atoms with van der Waals surface area (Å²) >= 11 is 0. The van der Waals surface area contributed by atoms with Crippen molar-refractivity contribution >= 4 is 28.4 Å². The Morgan fingerprint density at radius 1 is 0.717 bits per heavy atom. The van der Waals surface area contributed by atoms with Gasteiger partial charge in [0.25, 0.3) is 0 Å².